The molecular weight excluding hydrogens is 258 g/mol. The molecule has 110 valence electrons. The first-order chi connectivity index (χ1) is 9.28. The van der Waals surface area contributed by atoms with Crippen LogP contribution in [0.3, 0.4) is 0 Å². The second-order valence-electron chi connectivity index (χ2n) is 5.35. The van der Waals surface area contributed by atoms with Crippen LogP contribution < -0.4 is 16.2 Å². The lowest BCUT2D eigenvalue weighted by Crippen LogP contribution is -2.47. The Hall–Kier alpha value is -2.24. The molecule has 0 saturated carbocycles. The lowest BCUT2D eigenvalue weighted by molar-refractivity contribution is -0.122. The maximum atomic E-state index is 11.8. The minimum atomic E-state index is -0.707. The van der Waals surface area contributed by atoms with E-state index in [2.05, 4.69) is 16.2 Å². The third kappa shape index (κ3) is 6.08. The number of hydrazine groups is 1. The Labute approximate surface area is 118 Å². The third-order valence-corrected chi connectivity index (χ3v) is 2.23. The van der Waals surface area contributed by atoms with E-state index in [0.717, 1.165) is 5.69 Å². The first-order valence-corrected chi connectivity index (χ1v) is 6.38. The van der Waals surface area contributed by atoms with E-state index in [4.69, 9.17) is 4.74 Å². The fourth-order valence-corrected chi connectivity index (χ4v) is 1.31. The van der Waals surface area contributed by atoms with Gasteiger partial charge in [0.1, 0.15) is 11.6 Å². The lowest BCUT2D eigenvalue weighted by Gasteiger charge is -2.21. The van der Waals surface area contributed by atoms with Crippen molar-refractivity contribution in [2.45, 2.75) is 39.3 Å². The fraction of sp³-hybridized carbons (Fsp3) is 0.429. The number of ether oxygens (including phenoxy) is 1. The highest BCUT2D eigenvalue weighted by atomic mass is 16.6. The van der Waals surface area contributed by atoms with Crippen molar-refractivity contribution in [1.82, 2.24) is 10.7 Å². The van der Waals surface area contributed by atoms with Gasteiger partial charge in [0.2, 0.25) is 0 Å². The van der Waals surface area contributed by atoms with Crippen LogP contribution in [0.5, 0.6) is 0 Å². The summed E-state index contributed by atoms with van der Waals surface area (Å²) in [7, 11) is 0. The molecule has 0 radical (unpaired) electrons. The summed E-state index contributed by atoms with van der Waals surface area (Å²) in [6.45, 7) is 6.85. The molecule has 6 heteroatoms. The van der Waals surface area contributed by atoms with E-state index >= 15 is 0 Å². The number of para-hydroxylation sites is 1. The Bertz CT molecular complexity index is 454. The van der Waals surface area contributed by atoms with E-state index in [1.807, 2.05) is 30.3 Å². The molecule has 0 bridgehead atoms. The Kier molecular flexibility index (Phi) is 5.37. The molecule has 1 aromatic carbocycles. The second kappa shape index (κ2) is 6.79. The fourth-order valence-electron chi connectivity index (χ4n) is 1.31. The average molecular weight is 279 g/mol. The predicted molar refractivity (Wildman–Crippen MR) is 77.0 cm³/mol. The number of carbonyl (C=O) groups excluding carboxylic acids is 2. The average Bonchev–Trinajstić information content (AvgIpc) is 2.34. The Morgan fingerprint density at radius 1 is 1.15 bits per heavy atom. The molecule has 0 fully saturated rings. The van der Waals surface area contributed by atoms with Crippen LogP contribution in [0.15, 0.2) is 30.3 Å². The quantitative estimate of drug-likeness (QED) is 0.737. The zero-order chi connectivity index (χ0) is 15.2. The highest BCUT2D eigenvalue weighted by Crippen LogP contribution is 2.07. The van der Waals surface area contributed by atoms with Crippen LogP contribution in [0.4, 0.5) is 10.5 Å². The van der Waals surface area contributed by atoms with Crippen molar-refractivity contribution in [3.63, 3.8) is 0 Å². The summed E-state index contributed by atoms with van der Waals surface area (Å²) in [6, 6.07) is 8.48. The summed E-state index contributed by atoms with van der Waals surface area (Å²) in [5.74, 6) is -0.361. The standard InChI is InChI=1S/C14H21N3O3/c1-10(15-13(19)20-14(2,3)4)12(18)17-16-11-8-6-5-7-9-11/h5-10,16H,1-4H3,(H,15,19)(H,17,18). The largest absolute Gasteiger partial charge is 0.444 e. The summed E-state index contributed by atoms with van der Waals surface area (Å²) in [4.78, 5) is 23.3. The molecule has 0 aliphatic heterocycles. The number of hydrogen-bond donors (Lipinski definition) is 3. The molecule has 0 spiro atoms. The molecule has 1 aromatic rings. The Morgan fingerprint density at radius 2 is 1.75 bits per heavy atom. The van der Waals surface area contributed by atoms with Crippen molar-refractivity contribution in [3.8, 4) is 0 Å². The van der Waals surface area contributed by atoms with Gasteiger partial charge < -0.3 is 10.1 Å². The normalized spacial score (nSPS) is 12.2. The summed E-state index contributed by atoms with van der Waals surface area (Å²) < 4.78 is 5.07. The highest BCUT2D eigenvalue weighted by molar-refractivity contribution is 5.86. The smallest absolute Gasteiger partial charge is 0.408 e. The van der Waals surface area contributed by atoms with E-state index in [-0.39, 0.29) is 5.91 Å². The van der Waals surface area contributed by atoms with Gasteiger partial charge in [0.05, 0.1) is 5.69 Å². The molecule has 2 amide bonds. The van der Waals surface area contributed by atoms with E-state index < -0.39 is 17.7 Å². The Morgan fingerprint density at radius 3 is 2.30 bits per heavy atom. The summed E-state index contributed by atoms with van der Waals surface area (Å²) in [6.07, 6.45) is -0.625. The molecule has 1 atom stereocenters. The number of alkyl carbamates (subject to hydrolysis) is 1. The van der Waals surface area contributed by atoms with Gasteiger partial charge in [-0.2, -0.15) is 0 Å². The first kappa shape index (κ1) is 15.8. The van der Waals surface area contributed by atoms with Gasteiger partial charge in [-0.05, 0) is 39.8 Å². The molecular formula is C14H21N3O3. The van der Waals surface area contributed by atoms with Crippen LogP contribution in [0.1, 0.15) is 27.7 Å². The topological polar surface area (TPSA) is 79.5 Å². The minimum Gasteiger partial charge on any atom is -0.444 e. The van der Waals surface area contributed by atoms with Gasteiger partial charge in [0.15, 0.2) is 0 Å². The third-order valence-electron chi connectivity index (χ3n) is 2.23. The summed E-state index contributed by atoms with van der Waals surface area (Å²) in [5.41, 5.74) is 5.42. The van der Waals surface area contributed by atoms with Crippen molar-refractivity contribution < 1.29 is 14.3 Å². The number of amides is 2. The van der Waals surface area contributed by atoms with Gasteiger partial charge in [0.25, 0.3) is 5.91 Å². The van der Waals surface area contributed by atoms with E-state index in [1.54, 1.807) is 27.7 Å². The molecule has 0 saturated heterocycles. The second-order valence-corrected chi connectivity index (χ2v) is 5.35. The number of hydrogen-bond acceptors (Lipinski definition) is 4. The Balaban J connectivity index is 2.38. The maximum Gasteiger partial charge on any atom is 0.408 e. The molecule has 3 N–H and O–H groups in total. The molecule has 0 heterocycles. The van der Waals surface area contributed by atoms with Gasteiger partial charge in [-0.25, -0.2) is 4.79 Å². The van der Waals surface area contributed by atoms with Crippen LogP contribution in [0, 0.1) is 0 Å². The first-order valence-electron chi connectivity index (χ1n) is 6.38. The van der Waals surface area contributed by atoms with E-state index in [9.17, 15) is 9.59 Å². The molecule has 0 aromatic heterocycles. The summed E-state index contributed by atoms with van der Waals surface area (Å²) >= 11 is 0. The van der Waals surface area contributed by atoms with Gasteiger partial charge >= 0.3 is 6.09 Å². The number of rotatable bonds is 4. The summed E-state index contributed by atoms with van der Waals surface area (Å²) in [5, 5.41) is 2.46. The SMILES string of the molecule is CC(NC(=O)OC(C)(C)C)C(=O)NNc1ccccc1. The van der Waals surface area contributed by atoms with Crippen molar-refractivity contribution in [2.24, 2.45) is 0 Å². The van der Waals surface area contributed by atoms with Crippen molar-refractivity contribution >= 4 is 17.7 Å². The van der Waals surface area contributed by atoms with Crippen LogP contribution in [-0.2, 0) is 9.53 Å². The number of nitrogens with one attached hydrogen (secondary N) is 3. The van der Waals surface area contributed by atoms with E-state index in [1.165, 1.54) is 0 Å². The maximum absolute atomic E-state index is 11.8. The molecule has 6 nitrogen and oxygen atoms in total. The lowest BCUT2D eigenvalue weighted by atomic mass is 10.2. The molecule has 0 aliphatic carbocycles. The molecule has 0 aliphatic rings. The highest BCUT2D eigenvalue weighted by Gasteiger charge is 2.20. The van der Waals surface area contributed by atoms with Gasteiger partial charge in [-0.15, -0.1) is 0 Å². The number of anilines is 1. The van der Waals surface area contributed by atoms with Crippen molar-refractivity contribution in [3.05, 3.63) is 30.3 Å². The minimum absolute atomic E-state index is 0.361. The zero-order valence-corrected chi connectivity index (χ0v) is 12.2. The monoisotopic (exact) mass is 279 g/mol. The zero-order valence-electron chi connectivity index (χ0n) is 12.2. The van der Waals surface area contributed by atoms with Crippen molar-refractivity contribution in [2.75, 3.05) is 5.43 Å². The van der Waals surface area contributed by atoms with Gasteiger partial charge in [0, 0.05) is 0 Å². The van der Waals surface area contributed by atoms with Crippen LogP contribution in [0.2, 0.25) is 0 Å². The number of benzene rings is 1. The van der Waals surface area contributed by atoms with Crippen LogP contribution in [0.25, 0.3) is 0 Å². The molecule has 1 unspecified atom stereocenters. The van der Waals surface area contributed by atoms with Crippen molar-refractivity contribution in [1.29, 1.82) is 0 Å². The van der Waals surface area contributed by atoms with E-state index in [0.29, 0.717) is 0 Å². The van der Waals surface area contributed by atoms with Gasteiger partial charge in [-0.1, -0.05) is 18.2 Å². The molecule has 1 rings (SSSR count). The van der Waals surface area contributed by atoms with Crippen LogP contribution in [-0.4, -0.2) is 23.6 Å². The number of carbonyl (C=O) groups is 2. The van der Waals surface area contributed by atoms with Crippen LogP contribution >= 0.6 is 0 Å². The molecule has 20 heavy (non-hydrogen) atoms. The van der Waals surface area contributed by atoms with Gasteiger partial charge in [-0.3, -0.25) is 15.6 Å². The predicted octanol–water partition coefficient (Wildman–Crippen LogP) is 2.04.